The van der Waals surface area contributed by atoms with Crippen LogP contribution in [0.25, 0.3) is 0 Å². The van der Waals surface area contributed by atoms with Crippen molar-refractivity contribution in [3.63, 3.8) is 0 Å². The molecule has 0 aliphatic heterocycles. The molecule has 0 saturated heterocycles. The van der Waals surface area contributed by atoms with Crippen LogP contribution < -0.4 is 0 Å². The first-order valence-electron chi connectivity index (χ1n) is 4.28. The van der Waals surface area contributed by atoms with Gasteiger partial charge in [0, 0.05) is 5.92 Å². The normalized spacial score (nSPS) is 14.8. The topological polar surface area (TPSA) is 20.2 Å². The maximum atomic E-state index is 9.60. The largest absolute Gasteiger partial charge is 0.392 e. The highest BCUT2D eigenvalue weighted by Crippen LogP contribution is 2.15. The van der Waals surface area contributed by atoms with Crippen molar-refractivity contribution in [2.45, 2.75) is 25.4 Å². The van der Waals surface area contributed by atoms with Gasteiger partial charge in [-0.2, -0.15) is 0 Å². The van der Waals surface area contributed by atoms with E-state index in [2.05, 4.69) is 19.7 Å². The summed E-state index contributed by atoms with van der Waals surface area (Å²) in [6, 6.07) is 0. The van der Waals surface area contributed by atoms with Crippen LogP contribution in [-0.2, 0) is 0 Å². The lowest BCUT2D eigenvalue weighted by molar-refractivity contribution is 0.123. The molecule has 0 aliphatic rings. The first kappa shape index (κ1) is 11.2. The maximum absolute atomic E-state index is 9.60. The zero-order valence-corrected chi connectivity index (χ0v) is 7.58. The van der Waals surface area contributed by atoms with E-state index in [1.54, 1.807) is 6.08 Å². The molecule has 12 heavy (non-hydrogen) atoms. The van der Waals surface area contributed by atoms with Crippen molar-refractivity contribution >= 4 is 0 Å². The van der Waals surface area contributed by atoms with Crippen molar-refractivity contribution in [1.82, 2.24) is 0 Å². The van der Waals surface area contributed by atoms with E-state index in [1.807, 2.05) is 12.2 Å². The molecule has 0 aromatic carbocycles. The molecule has 1 nitrogen and oxygen atoms in total. The molecule has 0 aromatic heterocycles. The van der Waals surface area contributed by atoms with Crippen LogP contribution in [0, 0.1) is 5.92 Å². The quantitative estimate of drug-likeness (QED) is 0.576. The lowest BCUT2D eigenvalue weighted by Gasteiger charge is -2.16. The number of hydrogen-bond donors (Lipinski definition) is 1. The van der Waals surface area contributed by atoms with Crippen molar-refractivity contribution in [2.24, 2.45) is 5.92 Å². The molecule has 0 unspecified atom stereocenters. The molecule has 1 N–H and O–H groups in total. The second-order valence-corrected chi connectivity index (χ2v) is 2.86. The Morgan fingerprint density at radius 2 is 1.83 bits per heavy atom. The average Bonchev–Trinajstić information content (AvgIpc) is 2.10. The summed E-state index contributed by atoms with van der Waals surface area (Å²) in [4.78, 5) is 0. The maximum Gasteiger partial charge on any atom is 0.0608 e. The van der Waals surface area contributed by atoms with Crippen LogP contribution in [0.5, 0.6) is 0 Å². The molecule has 68 valence electrons. The average molecular weight is 166 g/mol. The Bertz CT molecular complexity index is 149. The van der Waals surface area contributed by atoms with Crippen molar-refractivity contribution in [1.29, 1.82) is 0 Å². The summed E-state index contributed by atoms with van der Waals surface area (Å²) in [7, 11) is 0. The van der Waals surface area contributed by atoms with E-state index in [1.165, 1.54) is 0 Å². The van der Waals surface area contributed by atoms with Gasteiger partial charge in [-0.3, -0.25) is 0 Å². The number of hydrogen-bond acceptors (Lipinski definition) is 1. The minimum atomic E-state index is -0.307. The fourth-order valence-electron chi connectivity index (χ4n) is 1.11. The molecular weight excluding hydrogens is 148 g/mol. The van der Waals surface area contributed by atoms with Gasteiger partial charge in [0.2, 0.25) is 0 Å². The summed E-state index contributed by atoms with van der Waals surface area (Å²) < 4.78 is 0. The third-order valence-electron chi connectivity index (χ3n) is 1.90. The summed E-state index contributed by atoms with van der Waals surface area (Å²) in [6.07, 6.45) is 7.51. The van der Waals surface area contributed by atoms with Gasteiger partial charge >= 0.3 is 0 Å². The van der Waals surface area contributed by atoms with Gasteiger partial charge in [-0.05, 0) is 19.3 Å². The Balaban J connectivity index is 3.82. The third-order valence-corrected chi connectivity index (χ3v) is 1.90. The van der Waals surface area contributed by atoms with Gasteiger partial charge in [0.1, 0.15) is 0 Å². The third kappa shape index (κ3) is 4.14. The number of aliphatic hydroxyl groups is 1. The molecule has 0 fully saturated rings. The summed E-state index contributed by atoms with van der Waals surface area (Å²) >= 11 is 0. The molecule has 0 saturated carbocycles. The first-order chi connectivity index (χ1) is 5.76. The summed E-state index contributed by atoms with van der Waals surface area (Å²) in [5.41, 5.74) is 0. The minimum Gasteiger partial charge on any atom is -0.392 e. The molecule has 0 amide bonds. The standard InChI is InChI=1S/C11H18O/c1-4-7-9-11(12)10(6-3)8-5-2/h4-6,10-12H,1-3,7-9H2/t10-,11-/m0/s1. The van der Waals surface area contributed by atoms with E-state index in [-0.39, 0.29) is 12.0 Å². The zero-order chi connectivity index (χ0) is 9.40. The molecule has 1 heteroatoms. The van der Waals surface area contributed by atoms with Crippen LogP contribution >= 0.6 is 0 Å². The lowest BCUT2D eigenvalue weighted by atomic mass is 9.95. The molecular formula is C11H18O. The Kier molecular flexibility index (Phi) is 6.39. The first-order valence-corrected chi connectivity index (χ1v) is 4.28. The predicted molar refractivity (Wildman–Crippen MR) is 53.9 cm³/mol. The van der Waals surface area contributed by atoms with Gasteiger partial charge in [-0.1, -0.05) is 18.2 Å². The summed E-state index contributed by atoms with van der Waals surface area (Å²) in [5.74, 6) is 0.141. The molecule has 0 heterocycles. The molecule has 0 bridgehead atoms. The highest BCUT2D eigenvalue weighted by Gasteiger charge is 2.12. The van der Waals surface area contributed by atoms with Gasteiger partial charge in [0.25, 0.3) is 0 Å². The van der Waals surface area contributed by atoms with Crippen molar-refractivity contribution in [3.05, 3.63) is 38.0 Å². The van der Waals surface area contributed by atoms with E-state index < -0.39 is 0 Å². The molecule has 2 atom stereocenters. The van der Waals surface area contributed by atoms with Gasteiger partial charge in [-0.15, -0.1) is 19.7 Å². The van der Waals surface area contributed by atoms with E-state index >= 15 is 0 Å². The molecule has 0 aromatic rings. The highest BCUT2D eigenvalue weighted by molar-refractivity contribution is 4.90. The zero-order valence-electron chi connectivity index (χ0n) is 7.58. The van der Waals surface area contributed by atoms with Crippen LogP contribution in [0.15, 0.2) is 38.0 Å². The van der Waals surface area contributed by atoms with Gasteiger partial charge in [-0.25, -0.2) is 0 Å². The molecule has 0 rings (SSSR count). The Labute approximate surface area is 75.1 Å². The van der Waals surface area contributed by atoms with Crippen LogP contribution in [0.4, 0.5) is 0 Å². The Hall–Kier alpha value is -0.820. The second kappa shape index (κ2) is 6.86. The minimum absolute atomic E-state index is 0.141. The monoisotopic (exact) mass is 166 g/mol. The smallest absolute Gasteiger partial charge is 0.0608 e. The SMILES string of the molecule is C=CCC[C@H](O)[C@@H](C=C)CC=C. The molecule has 0 aliphatic carbocycles. The lowest BCUT2D eigenvalue weighted by Crippen LogP contribution is -2.17. The molecule has 0 spiro atoms. The van der Waals surface area contributed by atoms with E-state index in [0.29, 0.717) is 0 Å². The van der Waals surface area contributed by atoms with E-state index in [9.17, 15) is 5.11 Å². The number of allylic oxidation sites excluding steroid dienone is 2. The number of rotatable bonds is 7. The van der Waals surface area contributed by atoms with E-state index in [0.717, 1.165) is 19.3 Å². The molecule has 0 radical (unpaired) electrons. The van der Waals surface area contributed by atoms with Crippen molar-refractivity contribution < 1.29 is 5.11 Å². The van der Waals surface area contributed by atoms with Gasteiger partial charge in [0.05, 0.1) is 6.10 Å². The second-order valence-electron chi connectivity index (χ2n) is 2.86. The van der Waals surface area contributed by atoms with Crippen LogP contribution in [0.3, 0.4) is 0 Å². The van der Waals surface area contributed by atoms with Crippen molar-refractivity contribution in [3.8, 4) is 0 Å². The highest BCUT2D eigenvalue weighted by atomic mass is 16.3. The fraction of sp³-hybridized carbons (Fsp3) is 0.455. The van der Waals surface area contributed by atoms with E-state index in [4.69, 9.17) is 0 Å². The van der Waals surface area contributed by atoms with Crippen LogP contribution in [0.2, 0.25) is 0 Å². The van der Waals surface area contributed by atoms with Crippen molar-refractivity contribution in [2.75, 3.05) is 0 Å². The Morgan fingerprint density at radius 3 is 2.25 bits per heavy atom. The fourth-order valence-corrected chi connectivity index (χ4v) is 1.11. The van der Waals surface area contributed by atoms with Gasteiger partial charge in [0.15, 0.2) is 0 Å². The Morgan fingerprint density at radius 1 is 1.17 bits per heavy atom. The van der Waals surface area contributed by atoms with Crippen LogP contribution in [-0.4, -0.2) is 11.2 Å². The van der Waals surface area contributed by atoms with Crippen LogP contribution in [0.1, 0.15) is 19.3 Å². The predicted octanol–water partition coefficient (Wildman–Crippen LogP) is 2.69. The van der Waals surface area contributed by atoms with Gasteiger partial charge < -0.3 is 5.11 Å². The summed E-state index contributed by atoms with van der Waals surface area (Å²) in [5, 5.41) is 9.60. The summed E-state index contributed by atoms with van der Waals surface area (Å²) in [6.45, 7) is 10.9. The number of aliphatic hydroxyl groups excluding tert-OH is 1.